The van der Waals surface area contributed by atoms with Gasteiger partial charge in [0.1, 0.15) is 5.82 Å². The Hall–Kier alpha value is -0.930. The molecule has 2 atom stereocenters. The first kappa shape index (κ1) is 14.1. The van der Waals surface area contributed by atoms with E-state index in [1.165, 1.54) is 6.07 Å². The van der Waals surface area contributed by atoms with Crippen LogP contribution in [0.15, 0.2) is 12.1 Å². The van der Waals surface area contributed by atoms with Crippen LogP contribution in [0.2, 0.25) is 0 Å². The maximum Gasteiger partial charge on any atom is 0.126 e. The molecular formula is C14H21FO2. The highest BCUT2D eigenvalue weighted by molar-refractivity contribution is 5.31. The highest BCUT2D eigenvalue weighted by atomic mass is 19.1. The Kier molecular flexibility index (Phi) is 5.09. The smallest absolute Gasteiger partial charge is 0.126 e. The molecule has 0 bridgehead atoms. The predicted octanol–water partition coefficient (Wildman–Crippen LogP) is 2.51. The van der Waals surface area contributed by atoms with Gasteiger partial charge in [0.2, 0.25) is 0 Å². The molecule has 0 fully saturated rings. The van der Waals surface area contributed by atoms with Crippen molar-refractivity contribution in [3.05, 3.63) is 34.6 Å². The molecule has 0 saturated carbocycles. The summed E-state index contributed by atoms with van der Waals surface area (Å²) in [5, 5.41) is 19.1. The predicted molar refractivity (Wildman–Crippen MR) is 66.5 cm³/mol. The molecule has 0 amide bonds. The third-order valence-corrected chi connectivity index (χ3v) is 3.23. The maximum atomic E-state index is 13.6. The fourth-order valence-corrected chi connectivity index (χ4v) is 1.80. The van der Waals surface area contributed by atoms with E-state index in [0.29, 0.717) is 24.8 Å². The van der Waals surface area contributed by atoms with Crippen LogP contribution in [-0.2, 0) is 6.42 Å². The molecule has 2 nitrogen and oxygen atoms in total. The van der Waals surface area contributed by atoms with Crippen molar-refractivity contribution in [3.8, 4) is 0 Å². The van der Waals surface area contributed by atoms with E-state index < -0.39 is 12.2 Å². The van der Waals surface area contributed by atoms with E-state index in [1.54, 1.807) is 0 Å². The van der Waals surface area contributed by atoms with Crippen LogP contribution in [0.25, 0.3) is 0 Å². The summed E-state index contributed by atoms with van der Waals surface area (Å²) in [5.41, 5.74) is 2.59. The van der Waals surface area contributed by atoms with E-state index >= 15 is 0 Å². The number of aryl methyl sites for hydroxylation is 3. The lowest BCUT2D eigenvalue weighted by molar-refractivity contribution is 0.0129. The Morgan fingerprint density at radius 1 is 1.12 bits per heavy atom. The van der Waals surface area contributed by atoms with Gasteiger partial charge >= 0.3 is 0 Å². The molecule has 0 aliphatic rings. The van der Waals surface area contributed by atoms with Gasteiger partial charge in [-0.25, -0.2) is 4.39 Å². The van der Waals surface area contributed by atoms with Crippen molar-refractivity contribution in [1.82, 2.24) is 0 Å². The first-order chi connectivity index (χ1) is 7.95. The van der Waals surface area contributed by atoms with Gasteiger partial charge in [-0.05, 0) is 55.9 Å². The summed E-state index contributed by atoms with van der Waals surface area (Å²) >= 11 is 0. The molecule has 0 aliphatic carbocycles. The highest BCUT2D eigenvalue weighted by Gasteiger charge is 2.15. The van der Waals surface area contributed by atoms with Crippen molar-refractivity contribution in [1.29, 1.82) is 0 Å². The summed E-state index contributed by atoms with van der Waals surface area (Å²) in [6.45, 7) is 5.62. The molecule has 0 heterocycles. The fraction of sp³-hybridized carbons (Fsp3) is 0.571. The van der Waals surface area contributed by atoms with Crippen LogP contribution < -0.4 is 0 Å². The first-order valence-electron chi connectivity index (χ1n) is 6.07. The van der Waals surface area contributed by atoms with Crippen molar-refractivity contribution in [2.24, 2.45) is 0 Å². The molecular weight excluding hydrogens is 219 g/mol. The van der Waals surface area contributed by atoms with Gasteiger partial charge in [0.05, 0.1) is 12.2 Å². The molecule has 0 spiro atoms. The van der Waals surface area contributed by atoms with Crippen LogP contribution in [0, 0.1) is 19.7 Å². The summed E-state index contributed by atoms with van der Waals surface area (Å²) in [5.74, 6) is -0.230. The summed E-state index contributed by atoms with van der Waals surface area (Å²) < 4.78 is 13.6. The summed E-state index contributed by atoms with van der Waals surface area (Å²) in [4.78, 5) is 0. The normalized spacial score (nSPS) is 14.7. The summed E-state index contributed by atoms with van der Waals surface area (Å²) in [7, 11) is 0. The number of hydrogen-bond acceptors (Lipinski definition) is 2. The number of hydrogen-bond donors (Lipinski definition) is 2. The third kappa shape index (κ3) is 3.79. The highest BCUT2D eigenvalue weighted by Crippen LogP contribution is 2.17. The molecule has 3 heteroatoms. The van der Waals surface area contributed by atoms with Crippen LogP contribution >= 0.6 is 0 Å². The average molecular weight is 240 g/mol. The van der Waals surface area contributed by atoms with Gasteiger partial charge in [0.25, 0.3) is 0 Å². The van der Waals surface area contributed by atoms with Crippen LogP contribution in [0.4, 0.5) is 4.39 Å². The van der Waals surface area contributed by atoms with E-state index in [4.69, 9.17) is 0 Å². The largest absolute Gasteiger partial charge is 0.390 e. The average Bonchev–Trinajstić information content (AvgIpc) is 2.30. The zero-order valence-corrected chi connectivity index (χ0v) is 10.7. The second-order valence-electron chi connectivity index (χ2n) is 4.61. The number of aliphatic hydroxyl groups is 2. The second-order valence-corrected chi connectivity index (χ2v) is 4.61. The number of aliphatic hydroxyl groups excluding tert-OH is 2. The zero-order chi connectivity index (χ0) is 13.0. The van der Waals surface area contributed by atoms with Crippen LogP contribution in [-0.4, -0.2) is 22.4 Å². The van der Waals surface area contributed by atoms with Gasteiger partial charge in [0.15, 0.2) is 0 Å². The Morgan fingerprint density at radius 3 is 2.29 bits per heavy atom. The molecule has 2 unspecified atom stereocenters. The van der Waals surface area contributed by atoms with Gasteiger partial charge in [0, 0.05) is 0 Å². The van der Waals surface area contributed by atoms with Crippen molar-refractivity contribution in [3.63, 3.8) is 0 Å². The fourth-order valence-electron chi connectivity index (χ4n) is 1.80. The quantitative estimate of drug-likeness (QED) is 0.830. The molecule has 1 rings (SSSR count). The van der Waals surface area contributed by atoms with Crippen molar-refractivity contribution in [2.45, 2.75) is 52.2 Å². The SMILES string of the molecule is CCC(O)C(O)CCc1cc(C)c(C)cc1F. The Labute approximate surface area is 102 Å². The minimum Gasteiger partial charge on any atom is -0.390 e. The molecule has 0 saturated heterocycles. The Balaban J connectivity index is 2.66. The van der Waals surface area contributed by atoms with Crippen molar-refractivity contribution < 1.29 is 14.6 Å². The lowest BCUT2D eigenvalue weighted by atomic mass is 9.99. The second kappa shape index (κ2) is 6.12. The van der Waals surface area contributed by atoms with Gasteiger partial charge in [-0.3, -0.25) is 0 Å². The number of rotatable bonds is 5. The van der Waals surface area contributed by atoms with Crippen molar-refractivity contribution >= 4 is 0 Å². The minimum absolute atomic E-state index is 0.230. The topological polar surface area (TPSA) is 40.5 Å². The van der Waals surface area contributed by atoms with E-state index in [9.17, 15) is 14.6 Å². The minimum atomic E-state index is -0.777. The summed E-state index contributed by atoms with van der Waals surface area (Å²) in [6.07, 6.45) is -0.151. The van der Waals surface area contributed by atoms with Gasteiger partial charge in [-0.1, -0.05) is 13.0 Å². The molecule has 17 heavy (non-hydrogen) atoms. The molecule has 96 valence electrons. The number of halogens is 1. The standard InChI is InChI=1S/C14H21FO2/c1-4-13(16)14(17)6-5-11-7-9(2)10(3)8-12(11)15/h7-8,13-14,16-17H,4-6H2,1-3H3. The van der Waals surface area contributed by atoms with Crippen LogP contribution in [0.1, 0.15) is 36.5 Å². The molecule has 2 N–H and O–H groups in total. The van der Waals surface area contributed by atoms with E-state index in [1.807, 2.05) is 26.8 Å². The Bertz CT molecular complexity index is 377. The lowest BCUT2D eigenvalue weighted by Gasteiger charge is -2.16. The van der Waals surface area contributed by atoms with Gasteiger partial charge < -0.3 is 10.2 Å². The number of benzene rings is 1. The van der Waals surface area contributed by atoms with Crippen LogP contribution in [0.5, 0.6) is 0 Å². The molecule has 0 radical (unpaired) electrons. The Morgan fingerprint density at radius 2 is 1.71 bits per heavy atom. The van der Waals surface area contributed by atoms with Crippen molar-refractivity contribution in [2.75, 3.05) is 0 Å². The molecule has 0 aliphatic heterocycles. The van der Waals surface area contributed by atoms with Gasteiger partial charge in [-0.2, -0.15) is 0 Å². The van der Waals surface area contributed by atoms with E-state index in [0.717, 1.165) is 11.1 Å². The molecule has 1 aromatic rings. The monoisotopic (exact) mass is 240 g/mol. The van der Waals surface area contributed by atoms with Gasteiger partial charge in [-0.15, -0.1) is 0 Å². The first-order valence-corrected chi connectivity index (χ1v) is 6.07. The lowest BCUT2D eigenvalue weighted by Crippen LogP contribution is -2.25. The van der Waals surface area contributed by atoms with E-state index in [2.05, 4.69) is 0 Å². The summed E-state index contributed by atoms with van der Waals surface area (Å²) in [6, 6.07) is 3.34. The van der Waals surface area contributed by atoms with Crippen LogP contribution in [0.3, 0.4) is 0 Å². The molecule has 0 aromatic heterocycles. The molecule has 1 aromatic carbocycles. The third-order valence-electron chi connectivity index (χ3n) is 3.23. The van der Waals surface area contributed by atoms with E-state index in [-0.39, 0.29) is 5.82 Å². The zero-order valence-electron chi connectivity index (χ0n) is 10.7. The maximum absolute atomic E-state index is 13.6.